The van der Waals surface area contributed by atoms with Crippen molar-refractivity contribution in [1.29, 1.82) is 0 Å². The molecule has 3 aromatic rings. The predicted octanol–water partition coefficient (Wildman–Crippen LogP) is 2.08. The van der Waals surface area contributed by atoms with Crippen molar-refractivity contribution in [3.05, 3.63) is 46.3 Å². The maximum atomic E-state index is 12.0. The first-order valence-corrected chi connectivity index (χ1v) is 7.48. The Labute approximate surface area is 135 Å². The molecule has 2 aromatic heterocycles. The van der Waals surface area contributed by atoms with Crippen LogP contribution in [0.2, 0.25) is 0 Å². The maximum absolute atomic E-state index is 12.0. The van der Waals surface area contributed by atoms with Gasteiger partial charge in [0.15, 0.2) is 0 Å². The fourth-order valence-electron chi connectivity index (χ4n) is 1.89. The first-order chi connectivity index (χ1) is 11.2. The Hall–Kier alpha value is -2.81. The molecule has 0 aliphatic carbocycles. The summed E-state index contributed by atoms with van der Waals surface area (Å²) >= 11 is 1.01. The molecular formula is C14H13N5O3S. The number of ether oxygens (including phenoxy) is 1. The molecule has 8 nitrogen and oxygen atoms in total. The second-order valence-electron chi connectivity index (χ2n) is 4.67. The highest BCUT2D eigenvalue weighted by Crippen LogP contribution is 2.16. The smallest absolute Gasteiger partial charge is 0.322 e. The van der Waals surface area contributed by atoms with Gasteiger partial charge < -0.3 is 9.15 Å². The third-order valence-electron chi connectivity index (χ3n) is 3.06. The van der Waals surface area contributed by atoms with Gasteiger partial charge >= 0.3 is 6.01 Å². The third kappa shape index (κ3) is 3.51. The highest BCUT2D eigenvalue weighted by atomic mass is 32.1. The molecule has 0 unspecified atom stereocenters. The average Bonchev–Trinajstić information content (AvgIpc) is 3.17. The second-order valence-corrected chi connectivity index (χ2v) is 5.42. The second kappa shape index (κ2) is 6.53. The van der Waals surface area contributed by atoms with Crippen LogP contribution in [-0.4, -0.2) is 32.8 Å². The van der Waals surface area contributed by atoms with E-state index < -0.39 is 0 Å². The molecule has 1 N–H and O–H groups in total. The highest BCUT2D eigenvalue weighted by molar-refractivity contribution is 7.08. The number of hydrogen-bond acceptors (Lipinski definition) is 8. The van der Waals surface area contributed by atoms with Crippen LogP contribution in [0.5, 0.6) is 5.75 Å². The molecule has 9 heteroatoms. The molecule has 23 heavy (non-hydrogen) atoms. The summed E-state index contributed by atoms with van der Waals surface area (Å²) in [5.74, 6) is 0.822. The number of rotatable bonds is 5. The van der Waals surface area contributed by atoms with Gasteiger partial charge in [-0.25, -0.2) is 0 Å². The van der Waals surface area contributed by atoms with E-state index in [1.54, 1.807) is 14.0 Å². The number of hydrogen-bond donors (Lipinski definition) is 1. The SMILES string of the molecule is COc1ccc(Cc2nnc(NC(=O)c3snnc3C)o2)cc1. The summed E-state index contributed by atoms with van der Waals surface area (Å²) in [6, 6.07) is 7.58. The van der Waals surface area contributed by atoms with Gasteiger partial charge in [-0.2, -0.15) is 0 Å². The van der Waals surface area contributed by atoms with Gasteiger partial charge in [-0.3, -0.25) is 10.1 Å². The summed E-state index contributed by atoms with van der Waals surface area (Å²) in [6.45, 7) is 1.71. The lowest BCUT2D eigenvalue weighted by molar-refractivity contribution is 0.102. The fraction of sp³-hybridized carbons (Fsp3) is 0.214. The standard InChI is InChI=1S/C14H13N5O3S/c1-8-12(23-19-16-8)13(20)15-14-18-17-11(22-14)7-9-3-5-10(21-2)6-4-9/h3-6H,7H2,1-2H3,(H,15,18,20). The minimum absolute atomic E-state index is 0.0475. The lowest BCUT2D eigenvalue weighted by Gasteiger charge is -2.00. The van der Waals surface area contributed by atoms with Crippen molar-refractivity contribution in [2.24, 2.45) is 0 Å². The van der Waals surface area contributed by atoms with Crippen LogP contribution in [0, 0.1) is 6.92 Å². The number of nitrogens with one attached hydrogen (secondary N) is 1. The predicted molar refractivity (Wildman–Crippen MR) is 82.7 cm³/mol. The van der Waals surface area contributed by atoms with Gasteiger partial charge in [-0.1, -0.05) is 21.7 Å². The van der Waals surface area contributed by atoms with Gasteiger partial charge in [0.05, 0.1) is 19.2 Å². The van der Waals surface area contributed by atoms with Crippen LogP contribution in [0.15, 0.2) is 28.7 Å². The lowest BCUT2D eigenvalue weighted by Crippen LogP contribution is -2.11. The fourth-order valence-corrected chi connectivity index (χ4v) is 2.44. The van der Waals surface area contributed by atoms with E-state index in [0.717, 1.165) is 22.8 Å². The molecule has 0 bridgehead atoms. The zero-order chi connectivity index (χ0) is 16.2. The van der Waals surface area contributed by atoms with E-state index >= 15 is 0 Å². The number of benzene rings is 1. The Morgan fingerprint density at radius 2 is 2.04 bits per heavy atom. The molecule has 0 radical (unpaired) electrons. The Morgan fingerprint density at radius 3 is 2.70 bits per heavy atom. The zero-order valence-electron chi connectivity index (χ0n) is 12.4. The van der Waals surface area contributed by atoms with E-state index in [4.69, 9.17) is 9.15 Å². The number of nitrogens with zero attached hydrogens (tertiary/aromatic N) is 4. The van der Waals surface area contributed by atoms with E-state index in [9.17, 15) is 4.79 Å². The van der Waals surface area contributed by atoms with Gasteiger partial charge in [-0.15, -0.1) is 10.2 Å². The monoisotopic (exact) mass is 331 g/mol. The Balaban J connectivity index is 1.65. The van der Waals surface area contributed by atoms with Crippen LogP contribution in [0.3, 0.4) is 0 Å². The normalized spacial score (nSPS) is 10.5. The lowest BCUT2D eigenvalue weighted by atomic mass is 10.1. The van der Waals surface area contributed by atoms with Gasteiger partial charge in [0, 0.05) is 0 Å². The van der Waals surface area contributed by atoms with Crippen LogP contribution in [0.1, 0.15) is 26.8 Å². The summed E-state index contributed by atoms with van der Waals surface area (Å²) in [4.78, 5) is 12.4. The van der Waals surface area contributed by atoms with Gasteiger partial charge in [-0.05, 0) is 36.2 Å². The molecule has 0 aliphatic rings. The van der Waals surface area contributed by atoms with Crippen molar-refractivity contribution in [3.63, 3.8) is 0 Å². The Morgan fingerprint density at radius 1 is 1.26 bits per heavy atom. The summed E-state index contributed by atoms with van der Waals surface area (Å²) in [5.41, 5.74) is 1.56. The van der Waals surface area contributed by atoms with E-state index in [1.807, 2.05) is 24.3 Å². The molecule has 0 saturated heterocycles. The van der Waals surface area contributed by atoms with Crippen LogP contribution in [-0.2, 0) is 6.42 Å². The van der Waals surface area contributed by atoms with Crippen molar-refractivity contribution in [2.45, 2.75) is 13.3 Å². The van der Waals surface area contributed by atoms with E-state index in [2.05, 4.69) is 25.1 Å². The van der Waals surface area contributed by atoms with Crippen molar-refractivity contribution in [3.8, 4) is 5.75 Å². The van der Waals surface area contributed by atoms with Gasteiger partial charge in [0.1, 0.15) is 10.6 Å². The molecule has 0 atom stereocenters. The van der Waals surface area contributed by atoms with Crippen molar-refractivity contribution < 1.29 is 13.9 Å². The number of methoxy groups -OCH3 is 1. The maximum Gasteiger partial charge on any atom is 0.322 e. The third-order valence-corrected chi connectivity index (χ3v) is 3.89. The van der Waals surface area contributed by atoms with E-state index in [0.29, 0.717) is 22.9 Å². The van der Waals surface area contributed by atoms with Crippen molar-refractivity contribution >= 4 is 23.5 Å². The minimum Gasteiger partial charge on any atom is -0.497 e. The van der Waals surface area contributed by atoms with E-state index in [-0.39, 0.29) is 11.9 Å². The zero-order valence-corrected chi connectivity index (χ0v) is 13.3. The molecule has 1 amide bonds. The van der Waals surface area contributed by atoms with Crippen molar-refractivity contribution in [2.75, 3.05) is 12.4 Å². The molecule has 1 aromatic carbocycles. The molecule has 118 valence electrons. The van der Waals surface area contributed by atoms with Crippen LogP contribution < -0.4 is 10.1 Å². The number of amides is 1. The topological polar surface area (TPSA) is 103 Å². The Bertz CT molecular complexity index is 812. The summed E-state index contributed by atoms with van der Waals surface area (Å²) in [7, 11) is 1.61. The number of aryl methyl sites for hydroxylation is 1. The molecule has 2 heterocycles. The number of aromatic nitrogens is 4. The molecule has 0 spiro atoms. The molecular weight excluding hydrogens is 318 g/mol. The summed E-state index contributed by atoms with van der Waals surface area (Å²) < 4.78 is 14.2. The number of carbonyl (C=O) groups excluding carboxylic acids is 1. The minimum atomic E-state index is -0.364. The quantitative estimate of drug-likeness (QED) is 0.763. The van der Waals surface area contributed by atoms with Gasteiger partial charge in [0.25, 0.3) is 5.91 Å². The summed E-state index contributed by atoms with van der Waals surface area (Å²) in [6.07, 6.45) is 0.466. The van der Waals surface area contributed by atoms with E-state index in [1.165, 1.54) is 0 Å². The van der Waals surface area contributed by atoms with Crippen LogP contribution in [0.25, 0.3) is 0 Å². The molecule has 0 aliphatic heterocycles. The van der Waals surface area contributed by atoms with Crippen molar-refractivity contribution in [1.82, 2.24) is 19.8 Å². The Kier molecular flexibility index (Phi) is 4.29. The van der Waals surface area contributed by atoms with Crippen LogP contribution >= 0.6 is 11.5 Å². The first kappa shape index (κ1) is 15.1. The first-order valence-electron chi connectivity index (χ1n) is 6.71. The summed E-state index contributed by atoms with van der Waals surface area (Å²) in [5, 5.41) is 14.1. The molecule has 0 fully saturated rings. The molecule has 3 rings (SSSR count). The van der Waals surface area contributed by atoms with Crippen LogP contribution in [0.4, 0.5) is 6.01 Å². The number of anilines is 1. The molecule has 0 saturated carbocycles. The highest BCUT2D eigenvalue weighted by Gasteiger charge is 2.16. The average molecular weight is 331 g/mol. The largest absolute Gasteiger partial charge is 0.497 e. The number of carbonyl (C=O) groups is 1. The van der Waals surface area contributed by atoms with Gasteiger partial charge in [0.2, 0.25) is 5.89 Å².